The molecule has 0 saturated carbocycles. The van der Waals surface area contributed by atoms with Gasteiger partial charge in [0.25, 0.3) is 0 Å². The second-order valence-electron chi connectivity index (χ2n) is 5.35. The number of piperidine rings is 1. The van der Waals surface area contributed by atoms with Gasteiger partial charge in [0.2, 0.25) is 0 Å². The Hall–Kier alpha value is -0.820. The van der Waals surface area contributed by atoms with E-state index in [1.807, 2.05) is 0 Å². The van der Waals surface area contributed by atoms with Gasteiger partial charge in [-0.3, -0.25) is 4.90 Å². The zero-order valence-electron chi connectivity index (χ0n) is 11.1. The molecule has 1 fully saturated rings. The maximum Gasteiger partial charge on any atom is 0.0233 e. The van der Waals surface area contributed by atoms with E-state index in [4.69, 9.17) is 0 Å². The minimum absolute atomic E-state index is 1.00. The van der Waals surface area contributed by atoms with E-state index in [2.05, 4.69) is 42.2 Å². The summed E-state index contributed by atoms with van der Waals surface area (Å²) in [6, 6.07) is 10.9. The molecule has 0 unspecified atom stereocenters. The van der Waals surface area contributed by atoms with Crippen molar-refractivity contribution < 1.29 is 0 Å². The molecule has 0 spiro atoms. The van der Waals surface area contributed by atoms with Gasteiger partial charge in [0.1, 0.15) is 0 Å². The third-order valence-electron chi connectivity index (χ3n) is 3.92. The van der Waals surface area contributed by atoms with Gasteiger partial charge in [-0.05, 0) is 37.4 Å². The van der Waals surface area contributed by atoms with Gasteiger partial charge in [0, 0.05) is 6.54 Å². The molecule has 1 saturated heterocycles. The van der Waals surface area contributed by atoms with Gasteiger partial charge >= 0.3 is 0 Å². The summed E-state index contributed by atoms with van der Waals surface area (Å²) in [5.41, 5.74) is 1.46. The summed E-state index contributed by atoms with van der Waals surface area (Å²) < 4.78 is 0. The van der Waals surface area contributed by atoms with Crippen LogP contribution in [-0.4, -0.2) is 18.0 Å². The second kappa shape index (κ2) is 6.80. The highest BCUT2D eigenvalue weighted by atomic mass is 15.1. The molecule has 0 bridgehead atoms. The average molecular weight is 231 g/mol. The molecule has 1 aliphatic rings. The lowest BCUT2D eigenvalue weighted by atomic mass is 9.91. The van der Waals surface area contributed by atoms with Crippen molar-refractivity contribution in [3.63, 3.8) is 0 Å². The first-order chi connectivity index (χ1) is 8.38. The zero-order valence-corrected chi connectivity index (χ0v) is 11.1. The fourth-order valence-corrected chi connectivity index (χ4v) is 2.77. The Labute approximate surface area is 106 Å². The van der Waals surface area contributed by atoms with Gasteiger partial charge in [-0.2, -0.15) is 0 Å². The van der Waals surface area contributed by atoms with E-state index < -0.39 is 0 Å². The summed E-state index contributed by atoms with van der Waals surface area (Å²) in [7, 11) is 0. The summed E-state index contributed by atoms with van der Waals surface area (Å²) in [4.78, 5) is 2.61. The van der Waals surface area contributed by atoms with Crippen molar-refractivity contribution in [1.29, 1.82) is 0 Å². The molecule has 2 rings (SSSR count). The van der Waals surface area contributed by atoms with E-state index in [9.17, 15) is 0 Å². The standard InChI is InChI=1S/C16H25N/c1-2-3-7-15-10-12-17(13-11-15)14-16-8-5-4-6-9-16/h4-6,8-9,15H,2-3,7,10-14H2,1H3. The average Bonchev–Trinajstić information content (AvgIpc) is 2.39. The van der Waals surface area contributed by atoms with Gasteiger partial charge in [-0.15, -0.1) is 0 Å². The summed E-state index contributed by atoms with van der Waals surface area (Å²) >= 11 is 0. The quantitative estimate of drug-likeness (QED) is 0.738. The Bertz CT molecular complexity index is 299. The zero-order chi connectivity index (χ0) is 11.9. The van der Waals surface area contributed by atoms with Crippen molar-refractivity contribution in [2.45, 2.75) is 45.6 Å². The Kier molecular flexibility index (Phi) is 5.06. The third-order valence-corrected chi connectivity index (χ3v) is 3.92. The summed E-state index contributed by atoms with van der Waals surface area (Å²) in [5.74, 6) is 1.00. The van der Waals surface area contributed by atoms with Crippen LogP contribution in [0.5, 0.6) is 0 Å². The Morgan fingerprint density at radius 1 is 1.12 bits per heavy atom. The molecule has 17 heavy (non-hydrogen) atoms. The van der Waals surface area contributed by atoms with E-state index in [1.54, 1.807) is 0 Å². The van der Waals surface area contributed by atoms with Crippen LogP contribution in [0.1, 0.15) is 44.6 Å². The Morgan fingerprint density at radius 2 is 1.82 bits per heavy atom. The molecular formula is C16H25N. The molecule has 1 nitrogen and oxygen atoms in total. The molecule has 1 aromatic rings. The van der Waals surface area contributed by atoms with Crippen LogP contribution < -0.4 is 0 Å². The lowest BCUT2D eigenvalue weighted by Crippen LogP contribution is -2.33. The maximum absolute atomic E-state index is 2.61. The smallest absolute Gasteiger partial charge is 0.0233 e. The highest BCUT2D eigenvalue weighted by Crippen LogP contribution is 2.23. The highest BCUT2D eigenvalue weighted by molar-refractivity contribution is 5.14. The Balaban J connectivity index is 1.72. The summed E-state index contributed by atoms with van der Waals surface area (Å²) in [6.45, 7) is 6.03. The molecule has 0 aromatic heterocycles. The predicted molar refractivity (Wildman–Crippen MR) is 74.0 cm³/mol. The van der Waals surface area contributed by atoms with Gasteiger partial charge < -0.3 is 0 Å². The molecule has 0 N–H and O–H groups in total. The van der Waals surface area contributed by atoms with E-state index in [0.717, 1.165) is 12.5 Å². The van der Waals surface area contributed by atoms with Crippen molar-refractivity contribution in [3.8, 4) is 0 Å². The molecule has 0 atom stereocenters. The number of hydrogen-bond donors (Lipinski definition) is 0. The molecular weight excluding hydrogens is 206 g/mol. The molecule has 94 valence electrons. The molecule has 1 aliphatic heterocycles. The topological polar surface area (TPSA) is 3.24 Å². The number of benzene rings is 1. The SMILES string of the molecule is CCCCC1CCN(Cc2ccccc2)CC1. The van der Waals surface area contributed by atoms with Crippen LogP contribution in [0, 0.1) is 5.92 Å². The van der Waals surface area contributed by atoms with E-state index >= 15 is 0 Å². The van der Waals surface area contributed by atoms with E-state index in [0.29, 0.717) is 0 Å². The van der Waals surface area contributed by atoms with Gasteiger partial charge in [0.05, 0.1) is 0 Å². The van der Waals surface area contributed by atoms with Crippen LogP contribution >= 0.6 is 0 Å². The monoisotopic (exact) mass is 231 g/mol. The number of unbranched alkanes of at least 4 members (excludes halogenated alkanes) is 1. The highest BCUT2D eigenvalue weighted by Gasteiger charge is 2.18. The molecule has 1 heterocycles. The number of rotatable bonds is 5. The summed E-state index contributed by atoms with van der Waals surface area (Å²) in [5, 5.41) is 0. The first-order valence-corrected chi connectivity index (χ1v) is 7.14. The van der Waals surface area contributed by atoms with Gasteiger partial charge in [-0.1, -0.05) is 56.5 Å². The van der Waals surface area contributed by atoms with E-state index in [1.165, 1.54) is 50.8 Å². The number of likely N-dealkylation sites (tertiary alicyclic amines) is 1. The Morgan fingerprint density at radius 3 is 2.47 bits per heavy atom. The van der Waals surface area contributed by atoms with Crippen molar-refractivity contribution in [3.05, 3.63) is 35.9 Å². The molecule has 1 aromatic carbocycles. The lowest BCUT2D eigenvalue weighted by Gasteiger charge is -2.32. The predicted octanol–water partition coefficient (Wildman–Crippen LogP) is 4.09. The van der Waals surface area contributed by atoms with Crippen LogP contribution in [0.2, 0.25) is 0 Å². The van der Waals surface area contributed by atoms with Crippen molar-refractivity contribution in [2.75, 3.05) is 13.1 Å². The largest absolute Gasteiger partial charge is 0.299 e. The second-order valence-corrected chi connectivity index (χ2v) is 5.35. The first-order valence-electron chi connectivity index (χ1n) is 7.14. The molecule has 0 amide bonds. The van der Waals surface area contributed by atoms with Crippen LogP contribution in [0.4, 0.5) is 0 Å². The van der Waals surface area contributed by atoms with Crippen LogP contribution in [0.25, 0.3) is 0 Å². The summed E-state index contributed by atoms with van der Waals surface area (Å²) in [6.07, 6.45) is 7.04. The van der Waals surface area contributed by atoms with Crippen molar-refractivity contribution >= 4 is 0 Å². The number of hydrogen-bond acceptors (Lipinski definition) is 1. The fraction of sp³-hybridized carbons (Fsp3) is 0.625. The van der Waals surface area contributed by atoms with Gasteiger partial charge in [-0.25, -0.2) is 0 Å². The molecule has 0 radical (unpaired) electrons. The van der Waals surface area contributed by atoms with E-state index in [-0.39, 0.29) is 0 Å². The lowest BCUT2D eigenvalue weighted by molar-refractivity contribution is 0.171. The van der Waals surface area contributed by atoms with Gasteiger partial charge in [0.15, 0.2) is 0 Å². The first kappa shape index (κ1) is 12.6. The minimum Gasteiger partial charge on any atom is -0.299 e. The van der Waals surface area contributed by atoms with Crippen molar-refractivity contribution in [2.24, 2.45) is 5.92 Å². The fourth-order valence-electron chi connectivity index (χ4n) is 2.77. The third kappa shape index (κ3) is 4.16. The maximum atomic E-state index is 2.61. The van der Waals surface area contributed by atoms with Crippen molar-refractivity contribution in [1.82, 2.24) is 4.90 Å². The molecule has 0 aliphatic carbocycles. The molecule has 1 heteroatoms. The van der Waals surface area contributed by atoms with Crippen LogP contribution in [0.3, 0.4) is 0 Å². The van der Waals surface area contributed by atoms with Crippen LogP contribution in [0.15, 0.2) is 30.3 Å². The minimum atomic E-state index is 1.00. The number of nitrogens with zero attached hydrogens (tertiary/aromatic N) is 1. The normalized spacial score (nSPS) is 18.4. The van der Waals surface area contributed by atoms with Crippen LogP contribution in [-0.2, 0) is 6.54 Å².